The summed E-state index contributed by atoms with van der Waals surface area (Å²) in [6.45, 7) is 0. The van der Waals surface area contributed by atoms with Crippen molar-refractivity contribution in [1.29, 1.82) is 0 Å². The van der Waals surface area contributed by atoms with E-state index in [0.29, 0.717) is 10.2 Å². The number of alkyl halides is 3. The first-order valence-corrected chi connectivity index (χ1v) is 7.08. The summed E-state index contributed by atoms with van der Waals surface area (Å²) >= 11 is 9.01. The summed E-state index contributed by atoms with van der Waals surface area (Å²) in [6, 6.07) is 7.16. The average Bonchev–Trinajstić information content (AvgIpc) is 2.43. The first-order chi connectivity index (χ1) is 10.2. The van der Waals surface area contributed by atoms with Gasteiger partial charge < -0.3 is 11.1 Å². The van der Waals surface area contributed by atoms with Crippen molar-refractivity contribution in [3.63, 3.8) is 0 Å². The summed E-state index contributed by atoms with van der Waals surface area (Å²) in [4.78, 5) is 12.1. The quantitative estimate of drug-likeness (QED) is 0.709. The van der Waals surface area contributed by atoms with Crippen molar-refractivity contribution in [2.75, 3.05) is 11.1 Å². The van der Waals surface area contributed by atoms with Gasteiger partial charge in [0, 0.05) is 15.7 Å². The number of carbonyl (C=O) groups excluding carboxylic acids is 1. The standard InChI is InChI=1S/C14H9BrClF3N2O/c15-9-3-1-7(5-11(9)20)13(22)21-12-6-8(14(17,18)19)2-4-10(12)16/h1-6H,20H2,(H,21,22). The molecule has 116 valence electrons. The molecule has 0 heterocycles. The maximum Gasteiger partial charge on any atom is 0.416 e. The Kier molecular flexibility index (Phi) is 4.67. The molecule has 2 aromatic carbocycles. The molecule has 0 spiro atoms. The van der Waals surface area contributed by atoms with Crippen molar-refractivity contribution in [3.05, 3.63) is 57.0 Å². The van der Waals surface area contributed by atoms with E-state index < -0.39 is 17.6 Å². The highest BCUT2D eigenvalue weighted by Gasteiger charge is 2.31. The van der Waals surface area contributed by atoms with E-state index >= 15 is 0 Å². The Morgan fingerprint density at radius 1 is 1.18 bits per heavy atom. The summed E-state index contributed by atoms with van der Waals surface area (Å²) < 4.78 is 38.7. The molecule has 0 aliphatic carbocycles. The summed E-state index contributed by atoms with van der Waals surface area (Å²) in [5.41, 5.74) is 5.18. The number of nitrogens with one attached hydrogen (secondary N) is 1. The van der Waals surface area contributed by atoms with Gasteiger partial charge in [-0.2, -0.15) is 13.2 Å². The van der Waals surface area contributed by atoms with Crippen LogP contribution in [0.5, 0.6) is 0 Å². The van der Waals surface area contributed by atoms with E-state index in [1.165, 1.54) is 12.1 Å². The van der Waals surface area contributed by atoms with Crippen molar-refractivity contribution < 1.29 is 18.0 Å². The van der Waals surface area contributed by atoms with E-state index in [4.69, 9.17) is 17.3 Å². The first-order valence-electron chi connectivity index (χ1n) is 5.91. The number of nitrogen functional groups attached to an aromatic ring is 1. The number of amides is 1. The van der Waals surface area contributed by atoms with Gasteiger partial charge in [-0.15, -0.1) is 0 Å². The molecule has 0 aromatic heterocycles. The number of hydrogen-bond donors (Lipinski definition) is 2. The zero-order valence-corrected chi connectivity index (χ0v) is 13.2. The summed E-state index contributed by atoms with van der Waals surface area (Å²) in [5.74, 6) is -0.611. The Morgan fingerprint density at radius 3 is 2.45 bits per heavy atom. The zero-order valence-electron chi connectivity index (χ0n) is 10.8. The predicted octanol–water partition coefficient (Wildman–Crippen LogP) is 4.96. The second kappa shape index (κ2) is 6.18. The minimum atomic E-state index is -4.52. The van der Waals surface area contributed by atoms with Gasteiger partial charge in [0.2, 0.25) is 0 Å². The lowest BCUT2D eigenvalue weighted by molar-refractivity contribution is -0.137. The van der Waals surface area contributed by atoms with Gasteiger partial charge in [-0.05, 0) is 52.3 Å². The van der Waals surface area contributed by atoms with E-state index in [9.17, 15) is 18.0 Å². The van der Waals surface area contributed by atoms with Crippen LogP contribution < -0.4 is 11.1 Å². The molecule has 3 N–H and O–H groups in total. The van der Waals surface area contributed by atoms with Gasteiger partial charge in [-0.3, -0.25) is 4.79 Å². The van der Waals surface area contributed by atoms with Crippen LogP contribution in [0, 0.1) is 0 Å². The van der Waals surface area contributed by atoms with Gasteiger partial charge in [0.25, 0.3) is 5.91 Å². The van der Waals surface area contributed by atoms with Crippen molar-refractivity contribution in [2.24, 2.45) is 0 Å². The molecule has 0 saturated carbocycles. The number of rotatable bonds is 2. The van der Waals surface area contributed by atoms with E-state index in [0.717, 1.165) is 18.2 Å². The third-order valence-corrected chi connectivity index (χ3v) is 3.85. The van der Waals surface area contributed by atoms with Crippen LogP contribution in [0.4, 0.5) is 24.5 Å². The topological polar surface area (TPSA) is 55.1 Å². The molecule has 0 aliphatic heterocycles. The lowest BCUT2D eigenvalue weighted by Gasteiger charge is -2.12. The van der Waals surface area contributed by atoms with Crippen molar-refractivity contribution in [1.82, 2.24) is 0 Å². The summed E-state index contributed by atoms with van der Waals surface area (Å²) in [7, 11) is 0. The van der Waals surface area contributed by atoms with Crippen molar-refractivity contribution in [3.8, 4) is 0 Å². The SMILES string of the molecule is Nc1cc(C(=O)Nc2cc(C(F)(F)F)ccc2Cl)ccc1Br. The van der Waals surface area contributed by atoms with E-state index in [2.05, 4.69) is 21.2 Å². The number of hydrogen-bond acceptors (Lipinski definition) is 2. The van der Waals surface area contributed by atoms with Gasteiger partial charge in [0.15, 0.2) is 0 Å². The number of nitrogens with two attached hydrogens (primary N) is 1. The van der Waals surface area contributed by atoms with Crippen LogP contribution in [-0.4, -0.2) is 5.91 Å². The number of benzene rings is 2. The van der Waals surface area contributed by atoms with Gasteiger partial charge in [-0.1, -0.05) is 11.6 Å². The van der Waals surface area contributed by atoms with Crippen LogP contribution in [0.15, 0.2) is 40.9 Å². The molecule has 1 amide bonds. The molecule has 0 unspecified atom stereocenters. The van der Waals surface area contributed by atoms with Gasteiger partial charge in [0.1, 0.15) is 0 Å². The van der Waals surface area contributed by atoms with E-state index in [1.807, 2.05) is 0 Å². The Labute approximate surface area is 137 Å². The number of halogens is 5. The minimum Gasteiger partial charge on any atom is -0.398 e. The summed E-state index contributed by atoms with van der Waals surface area (Å²) in [6.07, 6.45) is -4.52. The van der Waals surface area contributed by atoms with Crippen LogP contribution in [0.25, 0.3) is 0 Å². The van der Waals surface area contributed by atoms with Gasteiger partial charge in [0.05, 0.1) is 16.3 Å². The molecular formula is C14H9BrClF3N2O. The fourth-order valence-electron chi connectivity index (χ4n) is 1.68. The van der Waals surface area contributed by atoms with Crippen LogP contribution in [0.1, 0.15) is 15.9 Å². The highest BCUT2D eigenvalue weighted by atomic mass is 79.9. The number of carbonyl (C=O) groups is 1. The molecule has 0 fully saturated rings. The van der Waals surface area contributed by atoms with Crippen molar-refractivity contribution >= 4 is 44.8 Å². The average molecular weight is 394 g/mol. The Hall–Kier alpha value is -1.73. The highest BCUT2D eigenvalue weighted by molar-refractivity contribution is 9.10. The Balaban J connectivity index is 2.29. The third kappa shape index (κ3) is 3.72. The van der Waals surface area contributed by atoms with Crippen LogP contribution in [0.2, 0.25) is 5.02 Å². The first kappa shape index (κ1) is 16.6. The molecule has 2 rings (SSSR count). The van der Waals surface area contributed by atoms with E-state index in [-0.39, 0.29) is 16.3 Å². The maximum absolute atomic E-state index is 12.7. The molecule has 0 saturated heterocycles. The predicted molar refractivity (Wildman–Crippen MR) is 83.0 cm³/mol. The molecular weight excluding hydrogens is 385 g/mol. The molecule has 0 bridgehead atoms. The fraction of sp³-hybridized carbons (Fsp3) is 0.0714. The monoisotopic (exact) mass is 392 g/mol. The number of anilines is 2. The Bertz CT molecular complexity index is 735. The second-order valence-corrected chi connectivity index (χ2v) is 5.64. The largest absolute Gasteiger partial charge is 0.416 e. The molecule has 2 aromatic rings. The van der Waals surface area contributed by atoms with Gasteiger partial charge >= 0.3 is 6.18 Å². The molecule has 3 nitrogen and oxygen atoms in total. The van der Waals surface area contributed by atoms with Crippen LogP contribution in [-0.2, 0) is 6.18 Å². The minimum absolute atomic E-state index is 0.00596. The molecule has 0 atom stereocenters. The second-order valence-electron chi connectivity index (χ2n) is 4.38. The molecule has 8 heteroatoms. The Morgan fingerprint density at radius 2 is 1.86 bits per heavy atom. The summed E-state index contributed by atoms with van der Waals surface area (Å²) in [5, 5.41) is 2.35. The third-order valence-electron chi connectivity index (χ3n) is 2.80. The molecule has 22 heavy (non-hydrogen) atoms. The maximum atomic E-state index is 12.7. The zero-order chi connectivity index (χ0) is 16.5. The highest BCUT2D eigenvalue weighted by Crippen LogP contribution is 2.34. The molecule has 0 aliphatic rings. The smallest absolute Gasteiger partial charge is 0.398 e. The van der Waals surface area contributed by atoms with E-state index in [1.54, 1.807) is 6.07 Å². The normalized spacial score (nSPS) is 11.3. The lowest BCUT2D eigenvalue weighted by atomic mass is 10.1. The molecule has 0 radical (unpaired) electrons. The van der Waals surface area contributed by atoms with Crippen LogP contribution in [0.3, 0.4) is 0 Å². The lowest BCUT2D eigenvalue weighted by Crippen LogP contribution is -2.14. The van der Waals surface area contributed by atoms with Gasteiger partial charge in [-0.25, -0.2) is 0 Å². The van der Waals surface area contributed by atoms with Crippen LogP contribution >= 0.6 is 27.5 Å². The fourth-order valence-corrected chi connectivity index (χ4v) is 2.09. The van der Waals surface area contributed by atoms with Crippen molar-refractivity contribution in [2.45, 2.75) is 6.18 Å².